The number of para-hydroxylation sites is 1. The number of carbonyl (C=O) groups excluding carboxylic acids is 1. The average molecular weight is 601 g/mol. The Morgan fingerprint density at radius 3 is 2.32 bits per heavy atom. The van der Waals surface area contributed by atoms with Crippen LogP contribution < -0.4 is 15.0 Å². The lowest BCUT2D eigenvalue weighted by Gasteiger charge is -2.36. The zero-order chi connectivity index (χ0) is 31.1. The van der Waals surface area contributed by atoms with Gasteiger partial charge in [0.1, 0.15) is 11.5 Å². The van der Waals surface area contributed by atoms with Crippen LogP contribution in [0.1, 0.15) is 77.7 Å². The third-order valence-electron chi connectivity index (χ3n) is 8.56. The standard InChI is InChI=1S/C36H35F3N2O3/c1-4-6-7-12-21-41(5-2)33-29(36(37,38)39)19-17-23(3)32(33)40-24-18-20-28-31(22-24)43-30-16-11-10-15-27(30)35(28)26-14-9-8-13-25(26)34(42)44-35/h8-11,13-20,22,40H,4-7,12,21H2,1-3H3. The predicted octanol–water partition coefficient (Wildman–Crippen LogP) is 9.73. The van der Waals surface area contributed by atoms with Gasteiger partial charge >= 0.3 is 12.1 Å². The second-order valence-corrected chi connectivity index (χ2v) is 11.3. The van der Waals surface area contributed by atoms with E-state index in [1.165, 1.54) is 12.1 Å². The molecule has 0 amide bonds. The van der Waals surface area contributed by atoms with Crippen molar-refractivity contribution in [3.8, 4) is 11.5 Å². The van der Waals surface area contributed by atoms with E-state index in [0.717, 1.165) is 31.2 Å². The molecule has 0 fully saturated rings. The van der Waals surface area contributed by atoms with E-state index in [9.17, 15) is 18.0 Å². The van der Waals surface area contributed by atoms with Crippen molar-refractivity contribution < 1.29 is 27.4 Å². The van der Waals surface area contributed by atoms with E-state index in [1.807, 2.05) is 61.2 Å². The van der Waals surface area contributed by atoms with Crippen LogP contribution in [0.2, 0.25) is 0 Å². The number of alkyl halides is 3. The van der Waals surface area contributed by atoms with Gasteiger partial charge in [-0.3, -0.25) is 0 Å². The molecule has 0 saturated heterocycles. The minimum atomic E-state index is -4.52. The van der Waals surface area contributed by atoms with Crippen molar-refractivity contribution in [3.05, 3.63) is 112 Å². The van der Waals surface area contributed by atoms with Crippen molar-refractivity contribution in [1.29, 1.82) is 0 Å². The Kier molecular flexibility index (Phi) is 7.78. The lowest BCUT2D eigenvalue weighted by atomic mass is 9.77. The average Bonchev–Trinajstić information content (AvgIpc) is 3.30. The molecule has 8 heteroatoms. The number of esters is 1. The van der Waals surface area contributed by atoms with Gasteiger partial charge in [-0.15, -0.1) is 0 Å². The molecule has 2 aliphatic heterocycles. The van der Waals surface area contributed by atoms with Crippen LogP contribution in [-0.4, -0.2) is 19.1 Å². The molecule has 0 saturated carbocycles. The van der Waals surface area contributed by atoms with Gasteiger partial charge in [-0.25, -0.2) is 4.79 Å². The Labute approximate surface area is 255 Å². The molecular weight excluding hydrogens is 565 g/mol. The summed E-state index contributed by atoms with van der Waals surface area (Å²) in [6.45, 7) is 6.77. The van der Waals surface area contributed by atoms with Crippen molar-refractivity contribution in [2.75, 3.05) is 23.3 Å². The number of rotatable bonds is 9. The molecule has 4 aromatic rings. The van der Waals surface area contributed by atoms with Crippen molar-refractivity contribution in [1.82, 2.24) is 0 Å². The van der Waals surface area contributed by atoms with Crippen molar-refractivity contribution >= 4 is 23.0 Å². The highest BCUT2D eigenvalue weighted by atomic mass is 19.4. The zero-order valence-corrected chi connectivity index (χ0v) is 25.1. The summed E-state index contributed by atoms with van der Waals surface area (Å²) in [5.41, 5.74) is 2.50. The lowest BCUT2D eigenvalue weighted by Crippen LogP contribution is -2.33. The summed E-state index contributed by atoms with van der Waals surface area (Å²) < 4.78 is 55.8. The van der Waals surface area contributed by atoms with E-state index in [4.69, 9.17) is 9.47 Å². The quantitative estimate of drug-likeness (QED) is 0.153. The number of nitrogens with zero attached hydrogens (tertiary/aromatic N) is 1. The molecule has 5 nitrogen and oxygen atoms in total. The molecule has 0 aromatic heterocycles. The SMILES string of the molecule is CCCCCCN(CC)c1c(C(F)(F)F)ccc(C)c1Nc1ccc2c(c1)Oc1ccccc1C21OC(=O)c2ccccc21. The van der Waals surface area contributed by atoms with E-state index >= 15 is 0 Å². The summed E-state index contributed by atoms with van der Waals surface area (Å²) in [5.74, 6) is 0.575. The number of benzene rings is 4. The molecule has 1 spiro atoms. The molecule has 1 unspecified atom stereocenters. The van der Waals surface area contributed by atoms with Gasteiger partial charge in [-0.1, -0.05) is 68.7 Å². The highest BCUT2D eigenvalue weighted by Gasteiger charge is 2.53. The fourth-order valence-electron chi connectivity index (χ4n) is 6.41. The van der Waals surface area contributed by atoms with Gasteiger partial charge in [0.15, 0.2) is 5.60 Å². The number of nitrogens with one attached hydrogen (secondary N) is 1. The van der Waals surface area contributed by atoms with Gasteiger partial charge < -0.3 is 19.7 Å². The third kappa shape index (κ3) is 4.96. The summed E-state index contributed by atoms with van der Waals surface area (Å²) in [6, 6.07) is 22.8. The predicted molar refractivity (Wildman–Crippen MR) is 166 cm³/mol. The maximum atomic E-state index is 14.4. The maximum absolute atomic E-state index is 14.4. The largest absolute Gasteiger partial charge is 0.456 e. The number of halogens is 3. The molecule has 1 atom stereocenters. The summed E-state index contributed by atoms with van der Waals surface area (Å²) in [7, 11) is 0. The molecule has 44 heavy (non-hydrogen) atoms. The molecule has 4 aromatic carbocycles. The zero-order valence-electron chi connectivity index (χ0n) is 25.1. The first kappa shape index (κ1) is 29.6. The van der Waals surface area contributed by atoms with Gasteiger partial charge in [0.25, 0.3) is 0 Å². The first-order valence-electron chi connectivity index (χ1n) is 15.2. The third-order valence-corrected chi connectivity index (χ3v) is 8.56. The number of fused-ring (bicyclic) bond motifs is 6. The highest BCUT2D eigenvalue weighted by Crippen LogP contribution is 2.56. The first-order valence-corrected chi connectivity index (χ1v) is 15.2. The fraction of sp³-hybridized carbons (Fsp3) is 0.306. The number of hydrogen-bond acceptors (Lipinski definition) is 5. The lowest BCUT2D eigenvalue weighted by molar-refractivity contribution is -0.137. The van der Waals surface area contributed by atoms with E-state index in [1.54, 1.807) is 24.3 Å². The number of carbonyl (C=O) groups is 1. The van der Waals surface area contributed by atoms with Crippen LogP contribution in [0.25, 0.3) is 0 Å². The monoisotopic (exact) mass is 600 g/mol. The molecule has 6 rings (SSSR count). The van der Waals surface area contributed by atoms with Crippen LogP contribution in [0.5, 0.6) is 11.5 Å². The van der Waals surface area contributed by atoms with Crippen LogP contribution >= 0.6 is 0 Å². The minimum Gasteiger partial charge on any atom is -0.456 e. The Bertz CT molecular complexity index is 1720. The van der Waals surface area contributed by atoms with Crippen molar-refractivity contribution in [2.24, 2.45) is 0 Å². The minimum absolute atomic E-state index is 0.149. The number of ether oxygens (including phenoxy) is 2. The van der Waals surface area contributed by atoms with Gasteiger partial charge in [0.2, 0.25) is 0 Å². The van der Waals surface area contributed by atoms with E-state index in [2.05, 4.69) is 12.2 Å². The second-order valence-electron chi connectivity index (χ2n) is 11.3. The fourth-order valence-corrected chi connectivity index (χ4v) is 6.41. The van der Waals surface area contributed by atoms with E-state index < -0.39 is 23.3 Å². The van der Waals surface area contributed by atoms with Gasteiger partial charge in [-0.05, 0) is 56.2 Å². The molecule has 228 valence electrons. The Balaban J connectivity index is 1.45. The molecule has 0 bridgehead atoms. The second kappa shape index (κ2) is 11.6. The highest BCUT2D eigenvalue weighted by molar-refractivity contribution is 5.97. The Hall–Kier alpha value is -4.46. The van der Waals surface area contributed by atoms with Crippen LogP contribution in [0.4, 0.5) is 30.2 Å². The molecule has 0 radical (unpaired) electrons. The normalized spacial score (nSPS) is 16.5. The maximum Gasteiger partial charge on any atom is 0.418 e. The molecule has 1 N–H and O–H groups in total. The van der Waals surface area contributed by atoms with Crippen LogP contribution in [0.15, 0.2) is 78.9 Å². The molecule has 2 aliphatic rings. The Morgan fingerprint density at radius 1 is 0.841 bits per heavy atom. The van der Waals surface area contributed by atoms with Crippen LogP contribution in [0.3, 0.4) is 0 Å². The van der Waals surface area contributed by atoms with Crippen LogP contribution in [-0.2, 0) is 16.5 Å². The van der Waals surface area contributed by atoms with E-state index in [-0.39, 0.29) is 5.69 Å². The van der Waals surface area contributed by atoms with Gasteiger partial charge in [-0.2, -0.15) is 13.2 Å². The number of hydrogen-bond donors (Lipinski definition) is 1. The van der Waals surface area contributed by atoms with Crippen molar-refractivity contribution in [3.63, 3.8) is 0 Å². The van der Waals surface area contributed by atoms with E-state index in [0.29, 0.717) is 58.2 Å². The first-order chi connectivity index (χ1) is 21.2. The topological polar surface area (TPSA) is 50.8 Å². The number of unbranched alkanes of at least 4 members (excludes halogenated alkanes) is 3. The smallest absolute Gasteiger partial charge is 0.418 e. The summed E-state index contributed by atoms with van der Waals surface area (Å²) >= 11 is 0. The molecule has 0 aliphatic carbocycles. The molecule has 2 heterocycles. The number of aryl methyl sites for hydroxylation is 1. The summed E-state index contributed by atoms with van der Waals surface area (Å²) in [4.78, 5) is 14.9. The van der Waals surface area contributed by atoms with Gasteiger partial charge in [0.05, 0.1) is 22.5 Å². The van der Waals surface area contributed by atoms with Crippen LogP contribution in [0, 0.1) is 6.92 Å². The van der Waals surface area contributed by atoms with Crippen molar-refractivity contribution in [2.45, 2.75) is 58.2 Å². The Morgan fingerprint density at radius 2 is 1.57 bits per heavy atom. The summed E-state index contributed by atoms with van der Waals surface area (Å²) in [6.07, 6.45) is -0.663. The van der Waals surface area contributed by atoms with Gasteiger partial charge in [0, 0.05) is 41.5 Å². The molecular formula is C36H35F3N2O3. The number of anilines is 3. The summed E-state index contributed by atoms with van der Waals surface area (Å²) in [5, 5.41) is 3.32.